The van der Waals surface area contributed by atoms with Crippen LogP contribution >= 0.6 is 0 Å². The number of carboxylic acid groups (broad SMARTS) is 1. The number of carboxylic acids is 1. The largest absolute Gasteiger partial charge is 0.483 e. The van der Waals surface area contributed by atoms with Crippen LogP contribution < -0.4 is 15.8 Å². The maximum absolute atomic E-state index is 11.8. The van der Waals surface area contributed by atoms with Crippen molar-refractivity contribution in [2.24, 2.45) is 0 Å². The topological polar surface area (TPSA) is 111 Å². The zero-order valence-electron chi connectivity index (χ0n) is 11.5. The summed E-state index contributed by atoms with van der Waals surface area (Å²) in [4.78, 5) is 22.9. The van der Waals surface area contributed by atoms with E-state index in [1.165, 1.54) is 12.1 Å². The number of nitrogen functional groups attached to an aromatic ring is 1. The Morgan fingerprint density at radius 3 is 2.76 bits per heavy atom. The van der Waals surface area contributed by atoms with Gasteiger partial charge in [0, 0.05) is 24.9 Å². The highest BCUT2D eigenvalue weighted by Crippen LogP contribution is 2.24. The lowest BCUT2D eigenvalue weighted by molar-refractivity contribution is -0.124. The Kier molecular flexibility index (Phi) is 4.99. The van der Waals surface area contributed by atoms with Gasteiger partial charge in [-0.2, -0.15) is 0 Å². The van der Waals surface area contributed by atoms with Gasteiger partial charge < -0.3 is 25.6 Å². The molecular weight excluding hydrogens is 276 g/mol. The number of carbonyl (C=O) groups excluding carboxylic acids is 1. The molecule has 0 saturated carbocycles. The van der Waals surface area contributed by atoms with E-state index in [1.807, 2.05) is 0 Å². The van der Waals surface area contributed by atoms with Gasteiger partial charge in [0.05, 0.1) is 0 Å². The van der Waals surface area contributed by atoms with Crippen LogP contribution in [0.1, 0.15) is 23.2 Å². The number of anilines is 1. The molecule has 1 heterocycles. The van der Waals surface area contributed by atoms with Crippen molar-refractivity contribution in [3.63, 3.8) is 0 Å². The molecule has 1 fully saturated rings. The lowest BCUT2D eigenvalue weighted by Gasteiger charge is -2.23. The number of ether oxygens (including phenoxy) is 2. The maximum Gasteiger partial charge on any atom is 0.341 e. The van der Waals surface area contributed by atoms with Crippen LogP contribution in [0, 0.1) is 0 Å². The summed E-state index contributed by atoms with van der Waals surface area (Å²) in [7, 11) is 0. The molecule has 0 bridgehead atoms. The van der Waals surface area contributed by atoms with Gasteiger partial charge in [0.15, 0.2) is 6.61 Å². The monoisotopic (exact) mass is 294 g/mol. The molecule has 1 aliphatic rings. The molecule has 2 rings (SSSR count). The molecule has 0 aliphatic carbocycles. The first-order valence-electron chi connectivity index (χ1n) is 6.69. The van der Waals surface area contributed by atoms with Gasteiger partial charge in [0.1, 0.15) is 11.3 Å². The SMILES string of the molecule is Nc1cccc(OCC(=O)NC2CCOCC2)c1C(=O)O. The summed E-state index contributed by atoms with van der Waals surface area (Å²) in [6.45, 7) is 1.01. The third kappa shape index (κ3) is 4.09. The van der Waals surface area contributed by atoms with E-state index in [1.54, 1.807) is 6.07 Å². The van der Waals surface area contributed by atoms with Gasteiger partial charge in [-0.15, -0.1) is 0 Å². The number of aromatic carboxylic acids is 1. The zero-order chi connectivity index (χ0) is 15.2. The van der Waals surface area contributed by atoms with Crippen LogP contribution in [0.4, 0.5) is 5.69 Å². The lowest BCUT2D eigenvalue weighted by Crippen LogP contribution is -2.41. The molecular formula is C14H18N2O5. The normalized spacial score (nSPS) is 15.4. The summed E-state index contributed by atoms with van der Waals surface area (Å²) in [6.07, 6.45) is 1.54. The van der Waals surface area contributed by atoms with E-state index in [0.717, 1.165) is 12.8 Å². The number of hydrogen-bond donors (Lipinski definition) is 3. The number of amides is 1. The third-order valence-corrected chi connectivity index (χ3v) is 3.22. The van der Waals surface area contributed by atoms with Gasteiger partial charge in [-0.05, 0) is 25.0 Å². The molecule has 1 aromatic carbocycles. The van der Waals surface area contributed by atoms with Crippen molar-refractivity contribution < 1.29 is 24.2 Å². The molecule has 0 radical (unpaired) electrons. The van der Waals surface area contributed by atoms with Crippen molar-refractivity contribution in [2.45, 2.75) is 18.9 Å². The van der Waals surface area contributed by atoms with Crippen molar-refractivity contribution in [2.75, 3.05) is 25.6 Å². The number of benzene rings is 1. The van der Waals surface area contributed by atoms with Crippen molar-refractivity contribution in [3.8, 4) is 5.75 Å². The summed E-state index contributed by atoms with van der Waals surface area (Å²) >= 11 is 0. The molecule has 7 heteroatoms. The Labute approximate surface area is 122 Å². The highest BCUT2D eigenvalue weighted by atomic mass is 16.5. The molecule has 0 unspecified atom stereocenters. The van der Waals surface area contributed by atoms with E-state index < -0.39 is 5.97 Å². The predicted molar refractivity (Wildman–Crippen MR) is 75.3 cm³/mol. The molecule has 4 N–H and O–H groups in total. The fourth-order valence-electron chi connectivity index (χ4n) is 2.15. The van der Waals surface area contributed by atoms with Crippen molar-refractivity contribution in [3.05, 3.63) is 23.8 Å². The van der Waals surface area contributed by atoms with E-state index in [2.05, 4.69) is 5.32 Å². The second kappa shape index (κ2) is 6.94. The van der Waals surface area contributed by atoms with Crippen molar-refractivity contribution in [1.82, 2.24) is 5.32 Å². The highest BCUT2D eigenvalue weighted by molar-refractivity contribution is 5.96. The minimum atomic E-state index is -1.19. The molecule has 7 nitrogen and oxygen atoms in total. The Balaban J connectivity index is 1.92. The molecule has 21 heavy (non-hydrogen) atoms. The van der Waals surface area contributed by atoms with E-state index in [4.69, 9.17) is 20.3 Å². The molecule has 0 aromatic heterocycles. The molecule has 1 amide bonds. The smallest absolute Gasteiger partial charge is 0.341 e. The van der Waals surface area contributed by atoms with Crippen LogP contribution in [0.15, 0.2) is 18.2 Å². The first-order chi connectivity index (χ1) is 10.1. The second-order valence-electron chi connectivity index (χ2n) is 4.77. The summed E-state index contributed by atoms with van der Waals surface area (Å²) in [6, 6.07) is 4.60. The Bertz CT molecular complexity index is 526. The summed E-state index contributed by atoms with van der Waals surface area (Å²) in [5.74, 6) is -1.39. The van der Waals surface area contributed by atoms with Crippen LogP contribution in [-0.2, 0) is 9.53 Å². The summed E-state index contributed by atoms with van der Waals surface area (Å²) in [5, 5.41) is 11.9. The number of nitrogens with one attached hydrogen (secondary N) is 1. The van der Waals surface area contributed by atoms with Gasteiger partial charge in [-0.25, -0.2) is 4.79 Å². The van der Waals surface area contributed by atoms with Crippen LogP contribution in [0.3, 0.4) is 0 Å². The van der Waals surface area contributed by atoms with E-state index in [0.29, 0.717) is 13.2 Å². The molecule has 114 valence electrons. The fraction of sp³-hybridized carbons (Fsp3) is 0.429. The lowest BCUT2D eigenvalue weighted by atomic mass is 10.1. The van der Waals surface area contributed by atoms with Gasteiger partial charge in [-0.1, -0.05) is 6.07 Å². The molecule has 1 aliphatic heterocycles. The fourth-order valence-corrected chi connectivity index (χ4v) is 2.15. The minimum Gasteiger partial charge on any atom is -0.483 e. The first kappa shape index (κ1) is 15.1. The van der Waals surface area contributed by atoms with Crippen LogP contribution in [0.25, 0.3) is 0 Å². The van der Waals surface area contributed by atoms with Crippen molar-refractivity contribution >= 4 is 17.6 Å². The quantitative estimate of drug-likeness (QED) is 0.687. The zero-order valence-corrected chi connectivity index (χ0v) is 11.5. The number of nitrogens with two attached hydrogens (primary N) is 1. The van der Waals surface area contributed by atoms with Gasteiger partial charge in [-0.3, -0.25) is 4.79 Å². The minimum absolute atomic E-state index is 0.0784. The predicted octanol–water partition coefficient (Wildman–Crippen LogP) is 0.641. The Morgan fingerprint density at radius 2 is 2.10 bits per heavy atom. The van der Waals surface area contributed by atoms with Crippen molar-refractivity contribution in [1.29, 1.82) is 0 Å². The maximum atomic E-state index is 11.8. The molecule has 0 spiro atoms. The first-order valence-corrected chi connectivity index (χ1v) is 6.69. The number of hydrogen-bond acceptors (Lipinski definition) is 5. The number of carbonyl (C=O) groups is 2. The van der Waals surface area contributed by atoms with Gasteiger partial charge in [0.25, 0.3) is 5.91 Å². The van der Waals surface area contributed by atoms with Gasteiger partial charge >= 0.3 is 5.97 Å². The van der Waals surface area contributed by atoms with E-state index in [9.17, 15) is 9.59 Å². The van der Waals surface area contributed by atoms with Crippen LogP contribution in [0.5, 0.6) is 5.75 Å². The van der Waals surface area contributed by atoms with Crippen LogP contribution in [-0.4, -0.2) is 42.8 Å². The van der Waals surface area contributed by atoms with Crippen LogP contribution in [0.2, 0.25) is 0 Å². The standard InChI is InChI=1S/C14H18N2O5/c15-10-2-1-3-11(13(10)14(18)19)21-8-12(17)16-9-4-6-20-7-5-9/h1-3,9H,4-8,15H2,(H,16,17)(H,18,19). The summed E-state index contributed by atoms with van der Waals surface area (Å²) in [5.41, 5.74) is 5.58. The number of rotatable bonds is 5. The molecule has 0 atom stereocenters. The molecule has 1 saturated heterocycles. The summed E-state index contributed by atoms with van der Waals surface area (Å²) < 4.78 is 10.5. The third-order valence-electron chi connectivity index (χ3n) is 3.22. The second-order valence-corrected chi connectivity index (χ2v) is 4.77. The van der Waals surface area contributed by atoms with E-state index >= 15 is 0 Å². The molecule has 1 aromatic rings. The Hall–Kier alpha value is -2.28. The van der Waals surface area contributed by atoms with Gasteiger partial charge in [0.2, 0.25) is 0 Å². The highest BCUT2D eigenvalue weighted by Gasteiger charge is 2.18. The average molecular weight is 294 g/mol. The average Bonchev–Trinajstić information content (AvgIpc) is 2.45. The Morgan fingerprint density at radius 1 is 1.38 bits per heavy atom. The van der Waals surface area contributed by atoms with E-state index in [-0.39, 0.29) is 35.6 Å².